The van der Waals surface area contributed by atoms with Crippen molar-refractivity contribution in [3.8, 4) is 0 Å². The van der Waals surface area contributed by atoms with Gasteiger partial charge in [-0.3, -0.25) is 0 Å². The molecule has 0 amide bonds. The van der Waals surface area contributed by atoms with Gasteiger partial charge in [0.05, 0.1) is 10.7 Å². The molecule has 14 heavy (non-hydrogen) atoms. The van der Waals surface area contributed by atoms with Gasteiger partial charge in [0, 0.05) is 11.3 Å². The van der Waals surface area contributed by atoms with E-state index in [-0.39, 0.29) is 0 Å². The topological polar surface area (TPSA) is 38.9 Å². The molecule has 0 aliphatic heterocycles. The first kappa shape index (κ1) is 10.1. The Morgan fingerprint density at radius 1 is 1.50 bits per heavy atom. The third kappa shape index (κ3) is 1.84. The van der Waals surface area contributed by atoms with E-state index >= 15 is 0 Å². The zero-order valence-electron chi connectivity index (χ0n) is 8.92. The number of hydrogen-bond acceptors (Lipinski definition) is 3. The second-order valence-corrected chi connectivity index (χ2v) is 5.52. The molecule has 0 spiro atoms. The molecule has 1 aliphatic rings. The lowest BCUT2D eigenvalue weighted by Crippen LogP contribution is -2.13. The summed E-state index contributed by atoms with van der Waals surface area (Å²) in [6, 6.07) is 0. The Kier molecular flexibility index (Phi) is 2.88. The SMILES string of the molecule is CC1Cc2nc(CCN)sc2C(C)C1. The summed E-state index contributed by atoms with van der Waals surface area (Å²) in [7, 11) is 0. The van der Waals surface area contributed by atoms with Crippen molar-refractivity contribution in [2.45, 2.75) is 39.0 Å². The summed E-state index contributed by atoms with van der Waals surface area (Å²) in [6.07, 6.45) is 3.43. The van der Waals surface area contributed by atoms with Gasteiger partial charge in [-0.1, -0.05) is 13.8 Å². The molecule has 0 saturated carbocycles. The van der Waals surface area contributed by atoms with E-state index in [1.54, 1.807) is 0 Å². The van der Waals surface area contributed by atoms with Crippen LogP contribution in [-0.4, -0.2) is 11.5 Å². The van der Waals surface area contributed by atoms with Gasteiger partial charge in [0.25, 0.3) is 0 Å². The first-order chi connectivity index (χ1) is 6.70. The van der Waals surface area contributed by atoms with E-state index in [0.717, 1.165) is 18.9 Å². The molecule has 2 N–H and O–H groups in total. The second-order valence-electron chi connectivity index (χ2n) is 4.40. The molecule has 0 aromatic carbocycles. The molecule has 0 saturated heterocycles. The van der Waals surface area contributed by atoms with Gasteiger partial charge in [0.15, 0.2) is 0 Å². The lowest BCUT2D eigenvalue weighted by atomic mass is 9.86. The minimum atomic E-state index is 0.706. The molecule has 0 radical (unpaired) electrons. The fourth-order valence-electron chi connectivity index (χ4n) is 2.30. The Balaban J connectivity index is 2.26. The van der Waals surface area contributed by atoms with Crippen molar-refractivity contribution < 1.29 is 0 Å². The maximum absolute atomic E-state index is 5.55. The van der Waals surface area contributed by atoms with Gasteiger partial charge in [-0.05, 0) is 31.2 Å². The number of nitrogens with zero attached hydrogens (tertiary/aromatic N) is 1. The van der Waals surface area contributed by atoms with Gasteiger partial charge in [0.2, 0.25) is 0 Å². The number of fused-ring (bicyclic) bond motifs is 1. The van der Waals surface area contributed by atoms with Crippen LogP contribution in [0, 0.1) is 5.92 Å². The average Bonchev–Trinajstić information content (AvgIpc) is 2.48. The van der Waals surface area contributed by atoms with Crippen LogP contribution in [-0.2, 0) is 12.8 Å². The number of nitrogens with two attached hydrogens (primary N) is 1. The third-order valence-electron chi connectivity index (χ3n) is 2.88. The second kappa shape index (κ2) is 3.99. The van der Waals surface area contributed by atoms with E-state index in [0.29, 0.717) is 5.92 Å². The molecule has 1 aliphatic carbocycles. The van der Waals surface area contributed by atoms with Crippen LogP contribution in [0.1, 0.15) is 41.8 Å². The summed E-state index contributed by atoms with van der Waals surface area (Å²) in [4.78, 5) is 6.20. The predicted molar refractivity (Wildman–Crippen MR) is 60.8 cm³/mol. The Hall–Kier alpha value is -0.410. The van der Waals surface area contributed by atoms with Crippen molar-refractivity contribution in [3.05, 3.63) is 15.6 Å². The summed E-state index contributed by atoms with van der Waals surface area (Å²) < 4.78 is 0. The van der Waals surface area contributed by atoms with Crippen LogP contribution in [0.2, 0.25) is 0 Å². The fourth-order valence-corrected chi connectivity index (χ4v) is 3.47. The molecule has 2 nitrogen and oxygen atoms in total. The molecular formula is C11H18N2S. The normalized spacial score (nSPS) is 26.2. The zero-order chi connectivity index (χ0) is 10.1. The molecule has 0 bridgehead atoms. The zero-order valence-corrected chi connectivity index (χ0v) is 9.73. The maximum Gasteiger partial charge on any atom is 0.0943 e. The Bertz CT molecular complexity index is 319. The van der Waals surface area contributed by atoms with Crippen LogP contribution in [0.5, 0.6) is 0 Å². The molecular weight excluding hydrogens is 192 g/mol. The molecule has 2 rings (SSSR count). The molecule has 2 atom stereocenters. The monoisotopic (exact) mass is 210 g/mol. The average molecular weight is 210 g/mol. The van der Waals surface area contributed by atoms with Gasteiger partial charge in [0.1, 0.15) is 0 Å². The highest BCUT2D eigenvalue weighted by Gasteiger charge is 2.25. The summed E-state index contributed by atoms with van der Waals surface area (Å²) in [5.74, 6) is 1.50. The minimum Gasteiger partial charge on any atom is -0.330 e. The maximum atomic E-state index is 5.55. The van der Waals surface area contributed by atoms with E-state index in [9.17, 15) is 0 Å². The Morgan fingerprint density at radius 3 is 3.00 bits per heavy atom. The first-order valence-corrected chi connectivity index (χ1v) is 6.21. The van der Waals surface area contributed by atoms with E-state index in [1.807, 2.05) is 11.3 Å². The highest BCUT2D eigenvalue weighted by Crippen LogP contribution is 2.37. The fraction of sp³-hybridized carbons (Fsp3) is 0.727. The van der Waals surface area contributed by atoms with Crippen LogP contribution in [0.25, 0.3) is 0 Å². The van der Waals surface area contributed by atoms with Gasteiger partial charge in [-0.2, -0.15) is 0 Å². The molecule has 1 aromatic rings. The van der Waals surface area contributed by atoms with Crippen molar-refractivity contribution in [1.29, 1.82) is 0 Å². The van der Waals surface area contributed by atoms with Crippen LogP contribution in [0.3, 0.4) is 0 Å². The molecule has 1 heterocycles. The van der Waals surface area contributed by atoms with E-state index in [1.165, 1.54) is 28.4 Å². The third-order valence-corrected chi connectivity index (χ3v) is 4.26. The van der Waals surface area contributed by atoms with Gasteiger partial charge in [-0.25, -0.2) is 4.98 Å². The lowest BCUT2D eigenvalue weighted by molar-refractivity contribution is 0.449. The van der Waals surface area contributed by atoms with Crippen molar-refractivity contribution in [3.63, 3.8) is 0 Å². The van der Waals surface area contributed by atoms with Gasteiger partial charge < -0.3 is 5.73 Å². The van der Waals surface area contributed by atoms with Crippen molar-refractivity contribution in [2.24, 2.45) is 11.7 Å². The van der Waals surface area contributed by atoms with Crippen molar-refractivity contribution in [1.82, 2.24) is 4.98 Å². The molecule has 1 aromatic heterocycles. The van der Waals surface area contributed by atoms with Crippen LogP contribution in [0.15, 0.2) is 0 Å². The Morgan fingerprint density at radius 2 is 2.29 bits per heavy atom. The first-order valence-electron chi connectivity index (χ1n) is 5.39. The molecule has 78 valence electrons. The highest BCUT2D eigenvalue weighted by molar-refractivity contribution is 7.11. The van der Waals surface area contributed by atoms with E-state index in [2.05, 4.69) is 18.8 Å². The van der Waals surface area contributed by atoms with E-state index < -0.39 is 0 Å². The Labute approximate surface area is 89.5 Å². The summed E-state index contributed by atoms with van der Waals surface area (Å²) in [6.45, 7) is 5.36. The number of hydrogen-bond donors (Lipinski definition) is 1. The highest BCUT2D eigenvalue weighted by atomic mass is 32.1. The van der Waals surface area contributed by atoms with Crippen LogP contribution < -0.4 is 5.73 Å². The summed E-state index contributed by atoms with van der Waals surface area (Å²) in [5.41, 5.74) is 6.90. The largest absolute Gasteiger partial charge is 0.330 e. The predicted octanol–water partition coefficient (Wildman–Crippen LogP) is 2.33. The van der Waals surface area contributed by atoms with Crippen molar-refractivity contribution >= 4 is 11.3 Å². The number of thiazole rings is 1. The number of aromatic nitrogens is 1. The molecule has 2 unspecified atom stereocenters. The smallest absolute Gasteiger partial charge is 0.0943 e. The number of rotatable bonds is 2. The quantitative estimate of drug-likeness (QED) is 0.813. The van der Waals surface area contributed by atoms with Crippen molar-refractivity contribution in [2.75, 3.05) is 6.54 Å². The van der Waals surface area contributed by atoms with Crippen LogP contribution in [0.4, 0.5) is 0 Å². The van der Waals surface area contributed by atoms with Gasteiger partial charge >= 0.3 is 0 Å². The lowest BCUT2D eigenvalue weighted by Gasteiger charge is -2.22. The molecule has 0 fully saturated rings. The van der Waals surface area contributed by atoms with Crippen LogP contribution >= 0.6 is 11.3 Å². The summed E-state index contributed by atoms with van der Waals surface area (Å²) >= 11 is 1.88. The summed E-state index contributed by atoms with van der Waals surface area (Å²) in [5, 5.41) is 1.23. The standard InChI is InChI=1S/C11H18N2S/c1-7-5-8(2)11-9(6-7)13-10(14-11)3-4-12/h7-8H,3-6,12H2,1-2H3. The van der Waals surface area contributed by atoms with Gasteiger partial charge in [-0.15, -0.1) is 11.3 Å². The van der Waals surface area contributed by atoms with E-state index in [4.69, 9.17) is 5.73 Å². The minimum absolute atomic E-state index is 0.706. The molecule has 3 heteroatoms.